The molecule has 1 saturated heterocycles. The number of sulfonamides is 1. The third kappa shape index (κ3) is 4.45. The molecule has 0 aliphatic carbocycles. The van der Waals surface area contributed by atoms with Crippen LogP contribution in [0.25, 0.3) is 0 Å². The molecule has 0 saturated carbocycles. The van der Waals surface area contributed by atoms with E-state index in [1.54, 1.807) is 17.0 Å². The van der Waals surface area contributed by atoms with Gasteiger partial charge in [-0.15, -0.1) is 0 Å². The highest BCUT2D eigenvalue weighted by Gasteiger charge is 2.24. The van der Waals surface area contributed by atoms with Crippen LogP contribution in [0.15, 0.2) is 18.2 Å². The molecule has 132 valence electrons. The number of anilines is 1. The summed E-state index contributed by atoms with van der Waals surface area (Å²) in [5.41, 5.74) is 6.89. The molecule has 1 aliphatic heterocycles. The highest BCUT2D eigenvalue weighted by atomic mass is 32.2. The standard InChI is InChI=1S/C15H22N4O4S/c1-11-4-5-12(14(16)20)10-13(11)17-15(21)18-6-3-7-19(9-8-18)24(2,22)23/h4-5,10H,3,6-9H2,1-2H3,(H2,16,20)(H,17,21). The number of urea groups is 1. The second-order valence-electron chi connectivity index (χ2n) is 5.83. The van der Waals surface area contributed by atoms with Crippen LogP contribution < -0.4 is 11.1 Å². The van der Waals surface area contributed by atoms with Gasteiger partial charge in [0.15, 0.2) is 0 Å². The molecule has 1 aliphatic rings. The van der Waals surface area contributed by atoms with E-state index in [9.17, 15) is 18.0 Å². The highest BCUT2D eigenvalue weighted by molar-refractivity contribution is 7.88. The summed E-state index contributed by atoms with van der Waals surface area (Å²) in [7, 11) is -3.26. The van der Waals surface area contributed by atoms with Gasteiger partial charge in [-0.25, -0.2) is 17.5 Å². The Morgan fingerprint density at radius 1 is 1.17 bits per heavy atom. The van der Waals surface area contributed by atoms with E-state index in [4.69, 9.17) is 5.73 Å². The Hall–Kier alpha value is -2.13. The van der Waals surface area contributed by atoms with Gasteiger partial charge in [0.1, 0.15) is 0 Å². The molecule has 0 spiro atoms. The molecule has 1 aromatic carbocycles. The van der Waals surface area contributed by atoms with Crippen LogP contribution in [-0.4, -0.2) is 62.0 Å². The van der Waals surface area contributed by atoms with Crippen LogP contribution >= 0.6 is 0 Å². The monoisotopic (exact) mass is 354 g/mol. The predicted molar refractivity (Wildman–Crippen MR) is 91.3 cm³/mol. The molecule has 2 rings (SSSR count). The Morgan fingerprint density at radius 3 is 2.50 bits per heavy atom. The van der Waals surface area contributed by atoms with E-state index >= 15 is 0 Å². The SMILES string of the molecule is Cc1ccc(C(N)=O)cc1NC(=O)N1CCCN(S(C)(=O)=O)CC1. The first-order valence-corrected chi connectivity index (χ1v) is 9.45. The number of hydrogen-bond acceptors (Lipinski definition) is 4. The summed E-state index contributed by atoms with van der Waals surface area (Å²) >= 11 is 0. The molecule has 24 heavy (non-hydrogen) atoms. The van der Waals surface area contributed by atoms with Crippen molar-refractivity contribution in [3.05, 3.63) is 29.3 Å². The molecule has 3 N–H and O–H groups in total. The second-order valence-corrected chi connectivity index (χ2v) is 7.81. The summed E-state index contributed by atoms with van der Waals surface area (Å²) in [6.07, 6.45) is 1.74. The number of benzene rings is 1. The van der Waals surface area contributed by atoms with E-state index in [-0.39, 0.29) is 12.6 Å². The van der Waals surface area contributed by atoms with E-state index in [1.807, 2.05) is 6.92 Å². The van der Waals surface area contributed by atoms with Crippen molar-refractivity contribution in [1.29, 1.82) is 0 Å². The van der Waals surface area contributed by atoms with Gasteiger partial charge in [0.2, 0.25) is 15.9 Å². The summed E-state index contributed by atoms with van der Waals surface area (Å²) in [5, 5.41) is 2.77. The Morgan fingerprint density at radius 2 is 1.88 bits per heavy atom. The minimum absolute atomic E-state index is 0.270. The summed E-state index contributed by atoms with van der Waals surface area (Å²) in [4.78, 5) is 25.3. The fourth-order valence-electron chi connectivity index (χ4n) is 2.53. The first-order chi connectivity index (χ1) is 11.2. The van der Waals surface area contributed by atoms with Gasteiger partial charge >= 0.3 is 6.03 Å². The molecule has 0 radical (unpaired) electrons. The lowest BCUT2D eigenvalue weighted by Crippen LogP contribution is -2.39. The second kappa shape index (κ2) is 7.18. The maximum atomic E-state index is 12.4. The lowest BCUT2D eigenvalue weighted by Gasteiger charge is -2.22. The van der Waals surface area contributed by atoms with Crippen molar-refractivity contribution in [3.8, 4) is 0 Å². The zero-order chi connectivity index (χ0) is 17.9. The van der Waals surface area contributed by atoms with Crippen molar-refractivity contribution in [3.63, 3.8) is 0 Å². The Kier molecular flexibility index (Phi) is 5.45. The van der Waals surface area contributed by atoms with Gasteiger partial charge in [0.05, 0.1) is 6.26 Å². The number of nitrogens with two attached hydrogens (primary N) is 1. The lowest BCUT2D eigenvalue weighted by molar-refractivity contribution is 0.1000. The van der Waals surface area contributed by atoms with Crippen LogP contribution in [0.2, 0.25) is 0 Å². The number of aryl methyl sites for hydroxylation is 1. The zero-order valence-corrected chi connectivity index (χ0v) is 14.6. The van der Waals surface area contributed by atoms with Crippen LogP contribution in [0, 0.1) is 6.92 Å². The van der Waals surface area contributed by atoms with E-state index in [2.05, 4.69) is 5.32 Å². The summed E-state index contributed by atoms with van der Waals surface area (Å²) in [6.45, 7) is 3.26. The lowest BCUT2D eigenvalue weighted by atomic mass is 10.1. The normalized spacial score (nSPS) is 16.5. The number of nitrogens with one attached hydrogen (secondary N) is 1. The van der Waals surface area contributed by atoms with E-state index < -0.39 is 15.9 Å². The number of carbonyl (C=O) groups excluding carboxylic acids is 2. The zero-order valence-electron chi connectivity index (χ0n) is 13.8. The van der Waals surface area contributed by atoms with Gasteiger partial charge in [0.25, 0.3) is 0 Å². The van der Waals surface area contributed by atoms with Gasteiger partial charge in [0, 0.05) is 37.4 Å². The maximum absolute atomic E-state index is 12.4. The highest BCUT2D eigenvalue weighted by Crippen LogP contribution is 2.18. The van der Waals surface area contributed by atoms with E-state index in [0.29, 0.717) is 37.3 Å². The van der Waals surface area contributed by atoms with Crippen LogP contribution in [0.3, 0.4) is 0 Å². The fourth-order valence-corrected chi connectivity index (χ4v) is 3.41. The van der Waals surface area contributed by atoms with Crippen molar-refractivity contribution >= 4 is 27.6 Å². The molecule has 1 aromatic rings. The minimum Gasteiger partial charge on any atom is -0.366 e. The van der Waals surface area contributed by atoms with Crippen LogP contribution in [0.5, 0.6) is 0 Å². The first kappa shape index (κ1) is 18.2. The third-order valence-electron chi connectivity index (χ3n) is 3.97. The third-order valence-corrected chi connectivity index (χ3v) is 5.28. The average molecular weight is 354 g/mol. The summed E-state index contributed by atoms with van der Waals surface area (Å²) < 4.78 is 24.6. The van der Waals surface area contributed by atoms with Crippen molar-refractivity contribution in [2.24, 2.45) is 5.73 Å². The van der Waals surface area contributed by atoms with Gasteiger partial charge in [-0.3, -0.25) is 4.79 Å². The maximum Gasteiger partial charge on any atom is 0.321 e. The minimum atomic E-state index is -3.26. The number of nitrogens with zero attached hydrogens (tertiary/aromatic N) is 2. The van der Waals surface area contributed by atoms with E-state index in [1.165, 1.54) is 16.6 Å². The number of amides is 3. The van der Waals surface area contributed by atoms with Gasteiger partial charge in [-0.1, -0.05) is 6.07 Å². The molecule has 3 amide bonds. The fraction of sp³-hybridized carbons (Fsp3) is 0.467. The molecular weight excluding hydrogens is 332 g/mol. The quantitative estimate of drug-likeness (QED) is 0.827. The Balaban J connectivity index is 2.08. The van der Waals surface area contributed by atoms with Crippen molar-refractivity contribution in [2.45, 2.75) is 13.3 Å². The first-order valence-electron chi connectivity index (χ1n) is 7.60. The van der Waals surface area contributed by atoms with Crippen LogP contribution in [0.1, 0.15) is 22.3 Å². The van der Waals surface area contributed by atoms with Crippen molar-refractivity contribution < 1.29 is 18.0 Å². The molecule has 1 heterocycles. The smallest absolute Gasteiger partial charge is 0.321 e. The van der Waals surface area contributed by atoms with Crippen molar-refractivity contribution in [1.82, 2.24) is 9.21 Å². The molecule has 0 unspecified atom stereocenters. The number of primary amides is 1. The molecule has 8 nitrogen and oxygen atoms in total. The topological polar surface area (TPSA) is 113 Å². The molecule has 0 aromatic heterocycles. The van der Waals surface area contributed by atoms with Gasteiger partial charge in [-0.05, 0) is 31.0 Å². The molecule has 0 atom stereocenters. The number of carbonyl (C=O) groups is 2. The summed E-state index contributed by atoms with van der Waals surface area (Å²) in [5.74, 6) is -0.566. The molecule has 0 bridgehead atoms. The molecular formula is C15H22N4O4S. The van der Waals surface area contributed by atoms with Gasteiger partial charge in [-0.2, -0.15) is 0 Å². The largest absolute Gasteiger partial charge is 0.366 e. The molecule has 1 fully saturated rings. The molecule has 9 heteroatoms. The van der Waals surface area contributed by atoms with E-state index in [0.717, 1.165) is 5.56 Å². The Bertz CT molecular complexity index is 748. The van der Waals surface area contributed by atoms with Crippen molar-refractivity contribution in [2.75, 3.05) is 37.8 Å². The number of rotatable bonds is 3. The number of hydrogen-bond donors (Lipinski definition) is 2. The van der Waals surface area contributed by atoms with Crippen LogP contribution in [0.4, 0.5) is 10.5 Å². The summed E-state index contributed by atoms with van der Waals surface area (Å²) in [6, 6.07) is 4.53. The van der Waals surface area contributed by atoms with Gasteiger partial charge < -0.3 is 16.0 Å². The Labute approximate surface area is 141 Å². The average Bonchev–Trinajstić information content (AvgIpc) is 2.75. The van der Waals surface area contributed by atoms with Crippen LogP contribution in [-0.2, 0) is 10.0 Å². The predicted octanol–water partition coefficient (Wildman–Crippen LogP) is 0.593.